The van der Waals surface area contributed by atoms with Crippen LogP contribution in [0.5, 0.6) is 0 Å². The minimum atomic E-state index is 0.387. The van der Waals surface area contributed by atoms with E-state index in [0.717, 1.165) is 36.6 Å². The molecule has 2 aromatic rings. The summed E-state index contributed by atoms with van der Waals surface area (Å²) in [5.74, 6) is 1.44. The van der Waals surface area contributed by atoms with Crippen LogP contribution in [0, 0.1) is 5.92 Å². The molecule has 1 aromatic heterocycles. The van der Waals surface area contributed by atoms with E-state index in [4.69, 9.17) is 4.74 Å². The third kappa shape index (κ3) is 2.13. The number of nitrogens with zero attached hydrogens (tertiary/aromatic N) is 1. The number of fused-ring (bicyclic) bond motifs is 1. The first-order chi connectivity index (χ1) is 8.33. The van der Waals surface area contributed by atoms with Crippen molar-refractivity contribution < 1.29 is 4.74 Å². The molecule has 0 bridgehead atoms. The number of ether oxygens (including phenoxy) is 1. The van der Waals surface area contributed by atoms with Crippen molar-refractivity contribution in [1.82, 2.24) is 9.97 Å². The quantitative estimate of drug-likeness (QED) is 0.852. The van der Waals surface area contributed by atoms with Crippen LogP contribution in [0.1, 0.15) is 13.3 Å². The standard InChI is InChI=1S/C13H17N3O/c1-9(10-6-7-17-8-10)14-13-15-11-4-2-3-5-12(11)16-13/h2-5,9-10H,6-8H2,1H3,(H2,14,15,16). The number of nitrogens with one attached hydrogen (secondary N) is 2. The number of H-pyrrole nitrogens is 1. The van der Waals surface area contributed by atoms with Crippen molar-refractivity contribution in [3.8, 4) is 0 Å². The summed E-state index contributed by atoms with van der Waals surface area (Å²) in [6.07, 6.45) is 1.13. The highest BCUT2D eigenvalue weighted by atomic mass is 16.5. The lowest BCUT2D eigenvalue weighted by Crippen LogP contribution is -2.26. The third-order valence-corrected chi connectivity index (χ3v) is 3.43. The summed E-state index contributed by atoms with van der Waals surface area (Å²) in [6, 6.07) is 8.45. The number of aromatic nitrogens is 2. The van der Waals surface area contributed by atoms with Gasteiger partial charge in [-0.3, -0.25) is 0 Å². The van der Waals surface area contributed by atoms with Gasteiger partial charge in [0.05, 0.1) is 17.6 Å². The largest absolute Gasteiger partial charge is 0.381 e. The molecule has 1 saturated heterocycles. The van der Waals surface area contributed by atoms with Gasteiger partial charge in [0.1, 0.15) is 0 Å². The Morgan fingerprint density at radius 3 is 3.12 bits per heavy atom. The fourth-order valence-corrected chi connectivity index (χ4v) is 2.30. The number of hydrogen-bond donors (Lipinski definition) is 2. The smallest absolute Gasteiger partial charge is 0.201 e. The average molecular weight is 231 g/mol. The van der Waals surface area contributed by atoms with Crippen molar-refractivity contribution in [3.63, 3.8) is 0 Å². The first-order valence-corrected chi connectivity index (χ1v) is 6.12. The van der Waals surface area contributed by atoms with Crippen LogP contribution in [0.3, 0.4) is 0 Å². The van der Waals surface area contributed by atoms with Crippen LogP contribution >= 0.6 is 0 Å². The van der Waals surface area contributed by atoms with Gasteiger partial charge in [-0.2, -0.15) is 0 Å². The number of hydrogen-bond acceptors (Lipinski definition) is 3. The molecule has 1 fully saturated rings. The van der Waals surface area contributed by atoms with Crippen LogP contribution in [0.15, 0.2) is 24.3 Å². The maximum atomic E-state index is 5.40. The number of aromatic amines is 1. The zero-order valence-corrected chi connectivity index (χ0v) is 9.94. The highest BCUT2D eigenvalue weighted by Gasteiger charge is 2.22. The number of benzene rings is 1. The lowest BCUT2D eigenvalue weighted by Gasteiger charge is -2.18. The monoisotopic (exact) mass is 231 g/mol. The third-order valence-electron chi connectivity index (χ3n) is 3.43. The number of para-hydroxylation sites is 2. The van der Waals surface area contributed by atoms with Crippen LogP contribution in [-0.4, -0.2) is 29.2 Å². The van der Waals surface area contributed by atoms with Crippen LogP contribution in [-0.2, 0) is 4.74 Å². The van der Waals surface area contributed by atoms with Gasteiger partial charge >= 0.3 is 0 Å². The average Bonchev–Trinajstić information content (AvgIpc) is 2.97. The SMILES string of the molecule is CC(Nc1nc2ccccc2[nH]1)C1CCOC1. The second kappa shape index (κ2) is 4.37. The van der Waals surface area contributed by atoms with Gasteiger partial charge in [-0.15, -0.1) is 0 Å². The van der Waals surface area contributed by atoms with Crippen molar-refractivity contribution in [3.05, 3.63) is 24.3 Å². The zero-order chi connectivity index (χ0) is 11.7. The lowest BCUT2D eigenvalue weighted by atomic mass is 10.0. The van der Waals surface area contributed by atoms with E-state index in [1.807, 2.05) is 24.3 Å². The van der Waals surface area contributed by atoms with Gasteiger partial charge in [0, 0.05) is 18.6 Å². The summed E-state index contributed by atoms with van der Waals surface area (Å²) in [7, 11) is 0. The molecule has 2 atom stereocenters. The molecule has 0 radical (unpaired) electrons. The molecule has 0 amide bonds. The van der Waals surface area contributed by atoms with Crippen LogP contribution < -0.4 is 5.32 Å². The molecule has 2 unspecified atom stereocenters. The maximum Gasteiger partial charge on any atom is 0.201 e. The molecule has 4 heteroatoms. The van der Waals surface area contributed by atoms with E-state index in [1.165, 1.54) is 0 Å². The fourth-order valence-electron chi connectivity index (χ4n) is 2.30. The topological polar surface area (TPSA) is 49.9 Å². The van der Waals surface area contributed by atoms with Gasteiger partial charge in [0.2, 0.25) is 5.95 Å². The van der Waals surface area contributed by atoms with Gasteiger partial charge in [-0.05, 0) is 25.5 Å². The van der Waals surface area contributed by atoms with Crippen LogP contribution in [0.25, 0.3) is 11.0 Å². The Bertz CT molecular complexity index is 469. The molecular weight excluding hydrogens is 214 g/mol. The van der Waals surface area contributed by atoms with E-state index in [0.29, 0.717) is 12.0 Å². The molecule has 4 nitrogen and oxygen atoms in total. The van der Waals surface area contributed by atoms with Crippen LogP contribution in [0.4, 0.5) is 5.95 Å². The second-order valence-electron chi connectivity index (χ2n) is 4.66. The van der Waals surface area contributed by atoms with Crippen molar-refractivity contribution in [2.75, 3.05) is 18.5 Å². The van der Waals surface area contributed by atoms with Gasteiger partial charge < -0.3 is 15.0 Å². The Morgan fingerprint density at radius 2 is 2.35 bits per heavy atom. The molecule has 0 saturated carbocycles. The van der Waals surface area contributed by atoms with Gasteiger partial charge in [-0.1, -0.05) is 12.1 Å². The Hall–Kier alpha value is -1.55. The van der Waals surface area contributed by atoms with E-state index >= 15 is 0 Å². The Kier molecular flexibility index (Phi) is 2.73. The Balaban J connectivity index is 1.75. The first kappa shape index (κ1) is 10.6. The molecule has 0 aliphatic carbocycles. The molecule has 2 N–H and O–H groups in total. The van der Waals surface area contributed by atoms with E-state index < -0.39 is 0 Å². The summed E-state index contributed by atoms with van der Waals surface area (Å²) < 4.78 is 5.40. The molecule has 3 rings (SSSR count). The summed E-state index contributed by atoms with van der Waals surface area (Å²) in [5.41, 5.74) is 2.08. The Labute approximate surface area is 100 Å². The molecule has 1 aliphatic heterocycles. The highest BCUT2D eigenvalue weighted by molar-refractivity contribution is 5.77. The number of anilines is 1. The minimum Gasteiger partial charge on any atom is -0.381 e. The van der Waals surface area contributed by atoms with Crippen LogP contribution in [0.2, 0.25) is 0 Å². The summed E-state index contributed by atoms with van der Waals surface area (Å²) in [5, 5.41) is 3.43. The lowest BCUT2D eigenvalue weighted by molar-refractivity contribution is 0.183. The molecule has 90 valence electrons. The van der Waals surface area contributed by atoms with E-state index in [1.54, 1.807) is 0 Å². The summed E-state index contributed by atoms with van der Waals surface area (Å²) >= 11 is 0. The zero-order valence-electron chi connectivity index (χ0n) is 9.94. The van der Waals surface area contributed by atoms with Crippen molar-refractivity contribution in [2.24, 2.45) is 5.92 Å². The molecular formula is C13H17N3O. The molecule has 1 aliphatic rings. The Morgan fingerprint density at radius 1 is 1.47 bits per heavy atom. The molecule has 0 spiro atoms. The molecule has 1 aromatic carbocycles. The summed E-state index contributed by atoms with van der Waals surface area (Å²) in [4.78, 5) is 7.80. The minimum absolute atomic E-state index is 0.387. The number of rotatable bonds is 3. The normalized spacial score (nSPS) is 21.8. The highest BCUT2D eigenvalue weighted by Crippen LogP contribution is 2.20. The van der Waals surface area contributed by atoms with Crippen molar-refractivity contribution >= 4 is 17.0 Å². The molecule has 2 heterocycles. The predicted octanol–water partition coefficient (Wildman–Crippen LogP) is 2.40. The van der Waals surface area contributed by atoms with Crippen molar-refractivity contribution in [2.45, 2.75) is 19.4 Å². The second-order valence-corrected chi connectivity index (χ2v) is 4.66. The van der Waals surface area contributed by atoms with E-state index in [-0.39, 0.29) is 0 Å². The maximum absolute atomic E-state index is 5.40. The van der Waals surface area contributed by atoms with Gasteiger partial charge in [-0.25, -0.2) is 4.98 Å². The molecule has 17 heavy (non-hydrogen) atoms. The van der Waals surface area contributed by atoms with E-state index in [9.17, 15) is 0 Å². The van der Waals surface area contributed by atoms with E-state index in [2.05, 4.69) is 22.2 Å². The first-order valence-electron chi connectivity index (χ1n) is 6.12. The predicted molar refractivity (Wildman–Crippen MR) is 68.1 cm³/mol. The number of imidazole rings is 1. The van der Waals surface area contributed by atoms with Crippen molar-refractivity contribution in [1.29, 1.82) is 0 Å². The summed E-state index contributed by atoms with van der Waals surface area (Å²) in [6.45, 7) is 3.93. The van der Waals surface area contributed by atoms with Gasteiger partial charge in [0.15, 0.2) is 0 Å². The fraction of sp³-hybridized carbons (Fsp3) is 0.462. The van der Waals surface area contributed by atoms with Gasteiger partial charge in [0.25, 0.3) is 0 Å².